The van der Waals surface area contributed by atoms with E-state index < -0.39 is 5.76 Å². The Bertz CT molecular complexity index is 756. The van der Waals surface area contributed by atoms with E-state index in [0.717, 1.165) is 28.6 Å². The molecule has 2 aromatic heterocycles. The maximum Gasteiger partial charge on any atom is 0.417 e. The second-order valence-corrected chi connectivity index (χ2v) is 4.09. The van der Waals surface area contributed by atoms with Gasteiger partial charge in [0.15, 0.2) is 5.76 Å². The molecule has 0 spiro atoms. The summed E-state index contributed by atoms with van der Waals surface area (Å²) in [6.07, 6.45) is 2.49. The van der Waals surface area contributed by atoms with E-state index in [9.17, 15) is 4.79 Å². The Morgan fingerprint density at radius 1 is 1.33 bits per heavy atom. The van der Waals surface area contributed by atoms with Crippen molar-refractivity contribution in [1.29, 1.82) is 0 Å². The van der Waals surface area contributed by atoms with E-state index in [1.807, 2.05) is 37.3 Å². The highest BCUT2D eigenvalue weighted by Gasteiger charge is 2.11. The van der Waals surface area contributed by atoms with Crippen LogP contribution in [-0.2, 0) is 6.42 Å². The molecule has 18 heavy (non-hydrogen) atoms. The molecule has 0 unspecified atom stereocenters. The number of benzene rings is 1. The van der Waals surface area contributed by atoms with Gasteiger partial charge in [0, 0.05) is 17.1 Å². The normalized spacial score (nSPS) is 10.9. The van der Waals surface area contributed by atoms with Crippen molar-refractivity contribution in [2.45, 2.75) is 13.3 Å². The van der Waals surface area contributed by atoms with Crippen LogP contribution in [0.1, 0.15) is 12.6 Å². The third-order valence-electron chi connectivity index (χ3n) is 2.94. The summed E-state index contributed by atoms with van der Waals surface area (Å²) in [4.78, 5) is 18.2. The monoisotopic (exact) mass is 240 g/mol. The number of pyridine rings is 1. The second-order valence-electron chi connectivity index (χ2n) is 4.09. The van der Waals surface area contributed by atoms with Crippen molar-refractivity contribution in [2.24, 2.45) is 0 Å². The molecule has 0 fully saturated rings. The van der Waals surface area contributed by atoms with E-state index >= 15 is 0 Å². The Hall–Kier alpha value is -2.36. The highest BCUT2D eigenvalue weighted by atomic mass is 16.4. The average molecular weight is 240 g/mol. The summed E-state index contributed by atoms with van der Waals surface area (Å²) in [7, 11) is 0. The number of nitrogens with zero attached hydrogens (tertiary/aromatic N) is 1. The first-order valence-electron chi connectivity index (χ1n) is 5.85. The molecule has 0 saturated heterocycles. The van der Waals surface area contributed by atoms with Crippen LogP contribution in [0.25, 0.3) is 22.2 Å². The molecule has 0 radical (unpaired) electrons. The number of nitrogens with one attached hydrogen (secondary N) is 1. The minimum absolute atomic E-state index is 0.409. The first-order valence-corrected chi connectivity index (χ1v) is 5.85. The van der Waals surface area contributed by atoms with Gasteiger partial charge in [-0.25, -0.2) is 4.79 Å². The molecule has 0 aliphatic carbocycles. The Balaban J connectivity index is 2.22. The molecule has 0 bridgehead atoms. The fourth-order valence-corrected chi connectivity index (χ4v) is 2.06. The fourth-order valence-electron chi connectivity index (χ4n) is 2.06. The Kier molecular flexibility index (Phi) is 2.48. The highest BCUT2D eigenvalue weighted by Crippen LogP contribution is 2.25. The van der Waals surface area contributed by atoms with Crippen LogP contribution in [-0.4, -0.2) is 9.97 Å². The molecular formula is C14H12N2O2. The summed E-state index contributed by atoms with van der Waals surface area (Å²) < 4.78 is 5.21. The van der Waals surface area contributed by atoms with Crippen molar-refractivity contribution < 1.29 is 4.42 Å². The number of aromatic nitrogens is 2. The Morgan fingerprint density at radius 3 is 3.06 bits per heavy atom. The van der Waals surface area contributed by atoms with E-state index in [2.05, 4.69) is 9.97 Å². The summed E-state index contributed by atoms with van der Waals surface area (Å²) >= 11 is 0. The molecule has 3 aromatic rings. The van der Waals surface area contributed by atoms with Gasteiger partial charge in [-0.2, -0.15) is 0 Å². The van der Waals surface area contributed by atoms with Gasteiger partial charge in [0.2, 0.25) is 0 Å². The van der Waals surface area contributed by atoms with Crippen LogP contribution < -0.4 is 5.76 Å². The van der Waals surface area contributed by atoms with Crippen molar-refractivity contribution in [3.63, 3.8) is 0 Å². The van der Waals surface area contributed by atoms with Crippen LogP contribution in [0.5, 0.6) is 0 Å². The minimum atomic E-state index is -0.409. The van der Waals surface area contributed by atoms with Gasteiger partial charge in [-0.1, -0.05) is 13.0 Å². The zero-order valence-electron chi connectivity index (χ0n) is 9.93. The minimum Gasteiger partial charge on any atom is -0.408 e. The summed E-state index contributed by atoms with van der Waals surface area (Å²) in [5, 5.41) is 1.03. The van der Waals surface area contributed by atoms with E-state index in [4.69, 9.17) is 4.42 Å². The summed E-state index contributed by atoms with van der Waals surface area (Å²) in [5.41, 5.74) is 2.64. The molecule has 90 valence electrons. The quantitative estimate of drug-likeness (QED) is 0.749. The first kappa shape index (κ1) is 10.8. The lowest BCUT2D eigenvalue weighted by Crippen LogP contribution is -1.95. The molecule has 4 nitrogen and oxygen atoms in total. The lowest BCUT2D eigenvalue weighted by atomic mass is 10.1. The van der Waals surface area contributed by atoms with E-state index in [-0.39, 0.29) is 0 Å². The molecular weight excluding hydrogens is 228 g/mol. The largest absolute Gasteiger partial charge is 0.417 e. The number of hydrogen-bond acceptors (Lipinski definition) is 3. The Labute approximate surface area is 103 Å². The molecule has 2 heterocycles. The molecule has 0 saturated carbocycles. The van der Waals surface area contributed by atoms with Crippen LogP contribution in [0.3, 0.4) is 0 Å². The van der Waals surface area contributed by atoms with Crippen molar-refractivity contribution >= 4 is 10.9 Å². The summed E-state index contributed by atoms with van der Waals surface area (Å²) in [6.45, 7) is 1.98. The lowest BCUT2D eigenvalue weighted by Gasteiger charge is -2.01. The van der Waals surface area contributed by atoms with Crippen molar-refractivity contribution in [3.8, 4) is 11.3 Å². The maximum atomic E-state index is 11.3. The van der Waals surface area contributed by atoms with Crippen LogP contribution in [0.15, 0.2) is 45.7 Å². The van der Waals surface area contributed by atoms with Gasteiger partial charge in [-0.15, -0.1) is 0 Å². The number of aryl methyl sites for hydroxylation is 1. The molecule has 0 amide bonds. The molecule has 0 aliphatic rings. The first-order chi connectivity index (χ1) is 8.78. The number of rotatable bonds is 2. The molecule has 1 N–H and O–H groups in total. The average Bonchev–Trinajstić information content (AvgIpc) is 2.79. The van der Waals surface area contributed by atoms with Crippen LogP contribution in [0, 0.1) is 0 Å². The summed E-state index contributed by atoms with van der Waals surface area (Å²) in [6, 6.07) is 9.70. The van der Waals surface area contributed by atoms with Crippen LogP contribution >= 0.6 is 0 Å². The third kappa shape index (κ3) is 1.72. The summed E-state index contributed by atoms with van der Waals surface area (Å²) in [5.74, 6) is 0.210. The third-order valence-corrected chi connectivity index (χ3v) is 2.94. The zero-order chi connectivity index (χ0) is 12.5. The van der Waals surface area contributed by atoms with Gasteiger partial charge in [0.25, 0.3) is 0 Å². The van der Waals surface area contributed by atoms with Crippen molar-refractivity contribution in [2.75, 3.05) is 0 Å². The smallest absolute Gasteiger partial charge is 0.408 e. The van der Waals surface area contributed by atoms with Crippen molar-refractivity contribution in [3.05, 3.63) is 52.8 Å². The maximum absolute atomic E-state index is 11.3. The van der Waals surface area contributed by atoms with Gasteiger partial charge in [0.1, 0.15) is 0 Å². The molecule has 3 rings (SSSR count). The predicted octanol–water partition coefficient (Wildman–Crippen LogP) is 2.75. The zero-order valence-corrected chi connectivity index (χ0v) is 9.93. The second kappa shape index (κ2) is 4.14. The van der Waals surface area contributed by atoms with Crippen LogP contribution in [0.4, 0.5) is 0 Å². The number of hydrogen-bond donors (Lipinski definition) is 1. The molecule has 0 atom stereocenters. The van der Waals surface area contributed by atoms with Gasteiger partial charge in [-0.05, 0) is 30.7 Å². The van der Waals surface area contributed by atoms with Gasteiger partial charge in [0.05, 0.1) is 11.2 Å². The van der Waals surface area contributed by atoms with E-state index in [1.165, 1.54) is 0 Å². The lowest BCUT2D eigenvalue weighted by molar-refractivity contribution is 0.528. The standard InChI is InChI=1S/C14H12N2O2/c1-2-11-13(18-14(17)16-11)10-5-6-12-9(8-10)4-3-7-15-12/h3-8H,2H2,1H3,(H,16,17). The van der Waals surface area contributed by atoms with Gasteiger partial charge >= 0.3 is 5.76 Å². The van der Waals surface area contributed by atoms with E-state index in [0.29, 0.717) is 5.76 Å². The number of fused-ring (bicyclic) bond motifs is 1. The van der Waals surface area contributed by atoms with Crippen molar-refractivity contribution in [1.82, 2.24) is 9.97 Å². The predicted molar refractivity (Wildman–Crippen MR) is 69.4 cm³/mol. The van der Waals surface area contributed by atoms with Gasteiger partial charge < -0.3 is 4.42 Å². The molecule has 4 heteroatoms. The number of H-pyrrole nitrogens is 1. The fraction of sp³-hybridized carbons (Fsp3) is 0.143. The molecule has 0 aliphatic heterocycles. The topological polar surface area (TPSA) is 58.9 Å². The Morgan fingerprint density at radius 2 is 2.22 bits per heavy atom. The number of oxazole rings is 1. The van der Waals surface area contributed by atoms with Crippen LogP contribution in [0.2, 0.25) is 0 Å². The SMILES string of the molecule is CCc1[nH]c(=O)oc1-c1ccc2ncccc2c1. The van der Waals surface area contributed by atoms with Gasteiger partial charge in [-0.3, -0.25) is 9.97 Å². The highest BCUT2D eigenvalue weighted by molar-refractivity contribution is 5.83. The molecule has 1 aromatic carbocycles. The number of aromatic amines is 1. The van der Waals surface area contributed by atoms with E-state index in [1.54, 1.807) is 6.20 Å².